The van der Waals surface area contributed by atoms with Crippen LogP contribution in [0.2, 0.25) is 0 Å². The van der Waals surface area contributed by atoms with Gasteiger partial charge in [0.25, 0.3) is 0 Å². The average Bonchev–Trinajstić information content (AvgIpc) is 1.70. The van der Waals surface area contributed by atoms with Crippen LogP contribution in [0.25, 0.3) is 0 Å². The standard InChI is InChI=1S/3H2O3.Ti.Zn/c3*1-3-2;;/h3*1-2H;;/q;;;+4;+2/p-6. The zero-order valence-electron chi connectivity index (χ0n) is 4.88. The SMILES string of the molecule is [O-]O[O-].[O-]O[O-].[O-]O[O-].[Ti+4].[Zn+2]. The van der Waals surface area contributed by atoms with Crippen molar-refractivity contribution < 1.29 is 87.9 Å². The maximum Gasteiger partial charge on any atom is 4.00 e. The van der Waals surface area contributed by atoms with Gasteiger partial charge in [0.2, 0.25) is 0 Å². The minimum absolute atomic E-state index is 0. The van der Waals surface area contributed by atoms with Gasteiger partial charge in [-0.15, -0.1) is 0 Å². The Morgan fingerprint density at radius 3 is 0.545 bits per heavy atom. The molecule has 0 spiro atoms. The van der Waals surface area contributed by atoms with Crippen molar-refractivity contribution >= 4 is 0 Å². The van der Waals surface area contributed by atoms with E-state index in [1.807, 2.05) is 0 Å². The van der Waals surface area contributed by atoms with E-state index in [1.165, 1.54) is 0 Å². The summed E-state index contributed by atoms with van der Waals surface area (Å²) in [7, 11) is 0. The topological polar surface area (TPSA) is 166 Å². The van der Waals surface area contributed by atoms with E-state index in [0.717, 1.165) is 0 Å². The molecule has 0 atom stereocenters. The fourth-order valence-electron chi connectivity index (χ4n) is 0. The van der Waals surface area contributed by atoms with E-state index in [2.05, 4.69) is 0 Å². The molecule has 11 heteroatoms. The molecule has 0 aromatic rings. The van der Waals surface area contributed by atoms with E-state index in [4.69, 9.17) is 31.5 Å². The van der Waals surface area contributed by atoms with Gasteiger partial charge in [0.15, 0.2) is 0 Å². The molecule has 0 heterocycles. The minimum atomic E-state index is 0. The van der Waals surface area contributed by atoms with E-state index in [0.29, 0.717) is 0 Å². The van der Waals surface area contributed by atoms with Gasteiger partial charge in [-0.05, 0) is 0 Å². The summed E-state index contributed by atoms with van der Waals surface area (Å²) in [5.41, 5.74) is 0. The van der Waals surface area contributed by atoms with E-state index >= 15 is 0 Å². The third-order valence-electron chi connectivity index (χ3n) is 0. The zero-order chi connectivity index (χ0) is 8.12. The molecule has 0 aromatic heterocycles. The Morgan fingerprint density at radius 2 is 0.545 bits per heavy atom. The van der Waals surface area contributed by atoms with Crippen molar-refractivity contribution in [2.45, 2.75) is 0 Å². The van der Waals surface area contributed by atoms with Crippen LogP contribution in [0.15, 0.2) is 0 Å². The van der Waals surface area contributed by atoms with Crippen molar-refractivity contribution in [2.75, 3.05) is 0 Å². The van der Waals surface area contributed by atoms with Crippen LogP contribution in [0.1, 0.15) is 0 Å². The Kier molecular flexibility index (Phi) is 186. The smallest absolute Gasteiger partial charge is 0.734 e. The molecule has 0 saturated carbocycles. The van der Waals surface area contributed by atoms with Gasteiger partial charge in [0, 0.05) is 0 Å². The maximum atomic E-state index is 7.88. The van der Waals surface area contributed by atoms with E-state index < -0.39 is 0 Å². The molecular weight excluding hydrogens is 257 g/mol. The van der Waals surface area contributed by atoms with Gasteiger partial charge in [-0.3, -0.25) is 0 Å². The Morgan fingerprint density at radius 1 is 0.545 bits per heavy atom. The summed E-state index contributed by atoms with van der Waals surface area (Å²) in [4.78, 5) is 0. The molecule has 0 amide bonds. The molecule has 0 aliphatic heterocycles. The molecule has 0 N–H and O–H groups in total. The van der Waals surface area contributed by atoms with E-state index in [9.17, 15) is 0 Å². The molecule has 60 valence electrons. The summed E-state index contributed by atoms with van der Waals surface area (Å²) in [6.07, 6.45) is 0. The fourth-order valence-corrected chi connectivity index (χ4v) is 0. The molecule has 0 aliphatic carbocycles. The average molecular weight is 257 g/mol. The Balaban J connectivity index is -0.0000000150. The zero-order valence-corrected chi connectivity index (χ0v) is 9.41. The quantitative estimate of drug-likeness (QED) is 0.232. The molecule has 0 fully saturated rings. The molecule has 0 saturated heterocycles. The van der Waals surface area contributed by atoms with Crippen LogP contribution in [-0.2, 0) is 56.3 Å². The van der Waals surface area contributed by atoms with Crippen LogP contribution in [0.5, 0.6) is 0 Å². The molecule has 0 bridgehead atoms. The van der Waals surface area contributed by atoms with Gasteiger partial charge in [-0.25, -0.2) is 0 Å². The van der Waals surface area contributed by atoms with Crippen molar-refractivity contribution in [1.29, 1.82) is 0 Å². The first-order chi connectivity index (χ1) is 4.24. The third kappa shape index (κ3) is 926. The van der Waals surface area contributed by atoms with Crippen LogP contribution in [-0.4, -0.2) is 0 Å². The first-order valence-electron chi connectivity index (χ1n) is 1.00. The second-order valence-electron chi connectivity index (χ2n) is 0.204. The number of hydrogen-bond donors (Lipinski definition) is 0. The van der Waals surface area contributed by atoms with E-state index in [-0.39, 0.29) is 41.2 Å². The monoisotopic (exact) mass is 256 g/mol. The summed E-state index contributed by atoms with van der Waals surface area (Å²) in [6, 6.07) is 0. The first kappa shape index (κ1) is 29.6. The second-order valence-corrected chi connectivity index (χ2v) is 0.204. The second kappa shape index (κ2) is 69.1. The van der Waals surface area contributed by atoms with Crippen LogP contribution in [0.3, 0.4) is 0 Å². The Labute approximate surface area is 88.0 Å². The predicted octanol–water partition coefficient (Wildman–Crippen LogP) is -7.34. The molecular formula is O9TiZn. The van der Waals surface area contributed by atoms with Gasteiger partial charge < -0.3 is 46.7 Å². The Bertz CT molecular complexity index is 14.3. The van der Waals surface area contributed by atoms with Gasteiger partial charge >= 0.3 is 41.2 Å². The number of hydrogen-bond acceptors (Lipinski definition) is 9. The van der Waals surface area contributed by atoms with Gasteiger partial charge in [-0.1, -0.05) is 0 Å². The summed E-state index contributed by atoms with van der Waals surface area (Å²) in [5.74, 6) is 0. The van der Waals surface area contributed by atoms with Gasteiger partial charge in [0.1, 0.15) is 0 Å². The molecule has 0 rings (SSSR count). The fraction of sp³-hybridized carbons (Fsp3) is 0. The van der Waals surface area contributed by atoms with Crippen LogP contribution in [0, 0.1) is 0 Å². The summed E-state index contributed by atoms with van der Waals surface area (Å²) in [5, 5.41) is 52.5. The van der Waals surface area contributed by atoms with Crippen molar-refractivity contribution in [1.82, 2.24) is 0 Å². The first-order valence-corrected chi connectivity index (χ1v) is 1.00. The summed E-state index contributed by atoms with van der Waals surface area (Å²) in [6.45, 7) is 0. The molecule has 0 aromatic carbocycles. The summed E-state index contributed by atoms with van der Waals surface area (Å²) >= 11 is 0. The van der Waals surface area contributed by atoms with Crippen molar-refractivity contribution in [3.63, 3.8) is 0 Å². The van der Waals surface area contributed by atoms with Gasteiger partial charge in [0.05, 0.1) is 0 Å². The van der Waals surface area contributed by atoms with Crippen LogP contribution in [0.4, 0.5) is 0 Å². The number of rotatable bonds is 0. The van der Waals surface area contributed by atoms with Crippen molar-refractivity contribution in [3.05, 3.63) is 0 Å². The van der Waals surface area contributed by atoms with Crippen LogP contribution >= 0.6 is 0 Å². The molecule has 0 aliphatic rings. The summed E-state index contributed by atoms with van der Waals surface area (Å²) < 4.78 is 0. The Hall–Kier alpha value is 0.978. The van der Waals surface area contributed by atoms with E-state index in [1.54, 1.807) is 15.1 Å². The minimum Gasteiger partial charge on any atom is -0.734 e. The van der Waals surface area contributed by atoms with Crippen molar-refractivity contribution in [2.24, 2.45) is 0 Å². The molecule has 0 radical (unpaired) electrons. The third-order valence-corrected chi connectivity index (χ3v) is 0. The molecule has 11 heavy (non-hydrogen) atoms. The normalized spacial score (nSPS) is 4.91. The predicted molar refractivity (Wildman–Crippen MR) is 3.25 cm³/mol. The maximum absolute atomic E-state index is 7.88. The molecule has 9 nitrogen and oxygen atoms in total. The molecule has 0 unspecified atom stereocenters. The van der Waals surface area contributed by atoms with Crippen molar-refractivity contribution in [3.8, 4) is 0 Å². The van der Waals surface area contributed by atoms with Gasteiger partial charge in [-0.2, -0.15) is 0 Å². The largest absolute Gasteiger partial charge is 4.00 e. The van der Waals surface area contributed by atoms with Crippen LogP contribution < -0.4 is 31.5 Å².